The number of amides is 2. The molecule has 0 fully saturated rings. The number of carbonyl (C=O) groups excluding carboxylic acids is 5. The molecule has 8 nitrogen and oxygen atoms in total. The summed E-state index contributed by atoms with van der Waals surface area (Å²) in [6, 6.07) is 15.9. The maximum atomic E-state index is 12.9. The Bertz CT molecular complexity index is 1330. The first kappa shape index (κ1) is 22.9. The van der Waals surface area contributed by atoms with Crippen LogP contribution in [0.15, 0.2) is 66.7 Å². The summed E-state index contributed by atoms with van der Waals surface area (Å²) in [5.74, 6) is -2.97. The van der Waals surface area contributed by atoms with Gasteiger partial charge < -0.3 is 9.47 Å². The Morgan fingerprint density at radius 1 is 0.765 bits per heavy atom. The molecule has 0 N–H and O–H groups in total. The van der Waals surface area contributed by atoms with Gasteiger partial charge in [-0.1, -0.05) is 11.6 Å². The van der Waals surface area contributed by atoms with E-state index in [1.54, 1.807) is 12.1 Å². The van der Waals surface area contributed by atoms with Crippen molar-refractivity contribution in [1.82, 2.24) is 0 Å². The monoisotopic (exact) mass is 477 g/mol. The lowest BCUT2D eigenvalue weighted by Gasteiger charge is -2.14. The molecule has 0 aromatic heterocycles. The Kier molecular flexibility index (Phi) is 6.25. The minimum Gasteiger partial charge on any atom is -0.465 e. The van der Waals surface area contributed by atoms with Crippen LogP contribution in [-0.2, 0) is 9.47 Å². The van der Waals surface area contributed by atoms with Gasteiger partial charge in [-0.25, -0.2) is 14.5 Å². The van der Waals surface area contributed by atoms with Gasteiger partial charge >= 0.3 is 11.9 Å². The highest BCUT2D eigenvalue weighted by Gasteiger charge is 2.37. The van der Waals surface area contributed by atoms with Gasteiger partial charge in [0, 0.05) is 10.6 Å². The third-order valence-corrected chi connectivity index (χ3v) is 5.42. The van der Waals surface area contributed by atoms with Gasteiger partial charge in [0.15, 0.2) is 12.4 Å². The highest BCUT2D eigenvalue weighted by atomic mass is 35.5. The predicted octanol–water partition coefficient (Wildman–Crippen LogP) is 3.97. The van der Waals surface area contributed by atoms with E-state index in [4.69, 9.17) is 16.3 Å². The molecule has 0 unspecified atom stereocenters. The van der Waals surface area contributed by atoms with E-state index in [-0.39, 0.29) is 27.9 Å². The Hall–Kier alpha value is -4.30. The lowest BCUT2D eigenvalue weighted by Crippen LogP contribution is -2.29. The molecule has 3 aromatic carbocycles. The lowest BCUT2D eigenvalue weighted by atomic mass is 10.1. The van der Waals surface area contributed by atoms with Crippen LogP contribution in [0, 0.1) is 0 Å². The van der Waals surface area contributed by atoms with Crippen LogP contribution in [0.2, 0.25) is 5.02 Å². The van der Waals surface area contributed by atoms with E-state index in [2.05, 4.69) is 4.74 Å². The van der Waals surface area contributed by atoms with Gasteiger partial charge in [0.25, 0.3) is 11.8 Å². The normalized spacial score (nSPS) is 12.4. The van der Waals surface area contributed by atoms with Gasteiger partial charge in [0.05, 0.1) is 35.1 Å². The molecule has 9 heteroatoms. The number of ether oxygens (including phenoxy) is 2. The van der Waals surface area contributed by atoms with Gasteiger partial charge in [-0.15, -0.1) is 0 Å². The average molecular weight is 478 g/mol. The molecule has 2 amide bonds. The molecule has 4 rings (SSSR count). The molecule has 170 valence electrons. The van der Waals surface area contributed by atoms with Crippen LogP contribution in [0.3, 0.4) is 0 Å². The zero-order valence-electron chi connectivity index (χ0n) is 17.7. The maximum Gasteiger partial charge on any atom is 0.338 e. The molecule has 1 aliphatic heterocycles. The van der Waals surface area contributed by atoms with E-state index in [9.17, 15) is 24.0 Å². The van der Waals surface area contributed by atoms with Crippen molar-refractivity contribution < 1.29 is 33.4 Å². The third kappa shape index (κ3) is 4.31. The number of benzene rings is 3. The molecule has 0 saturated carbocycles. The molecule has 0 aliphatic carbocycles. The Morgan fingerprint density at radius 2 is 1.35 bits per heavy atom. The quantitative estimate of drug-likeness (QED) is 0.300. The Balaban J connectivity index is 1.49. The number of anilines is 1. The summed E-state index contributed by atoms with van der Waals surface area (Å²) < 4.78 is 9.72. The van der Waals surface area contributed by atoms with Gasteiger partial charge in [-0.2, -0.15) is 0 Å². The number of ketones is 1. The van der Waals surface area contributed by atoms with E-state index in [1.165, 1.54) is 61.7 Å². The van der Waals surface area contributed by atoms with Crippen molar-refractivity contribution >= 4 is 46.8 Å². The van der Waals surface area contributed by atoms with E-state index < -0.39 is 36.1 Å². The highest BCUT2D eigenvalue weighted by Crippen LogP contribution is 2.29. The number of rotatable bonds is 6. The summed E-state index contributed by atoms with van der Waals surface area (Å²) >= 11 is 5.80. The summed E-state index contributed by atoms with van der Waals surface area (Å²) in [5, 5.41) is 0.472. The van der Waals surface area contributed by atoms with Crippen molar-refractivity contribution in [1.29, 1.82) is 0 Å². The Labute approximate surface area is 198 Å². The third-order valence-electron chi connectivity index (χ3n) is 5.17. The maximum absolute atomic E-state index is 12.9. The molecule has 1 aliphatic rings. The number of nitrogens with zero attached hydrogens (tertiary/aromatic N) is 1. The molecule has 0 radical (unpaired) electrons. The molecule has 1 heterocycles. The second kappa shape index (κ2) is 9.29. The molecular weight excluding hydrogens is 462 g/mol. The second-order valence-corrected chi connectivity index (χ2v) is 7.69. The first-order valence-electron chi connectivity index (χ1n) is 9.97. The topological polar surface area (TPSA) is 107 Å². The van der Waals surface area contributed by atoms with E-state index in [1.807, 2.05) is 0 Å². The highest BCUT2D eigenvalue weighted by molar-refractivity contribution is 6.34. The standard InChI is InChI=1S/C25H16ClNO7/c1-33-24(31)15-4-9-18(10-5-15)27-22(29)19-11-6-16(12-20(19)23(27)30)25(32)34-13-21(28)14-2-7-17(26)8-3-14/h2-12H,13H2,1H3. The van der Waals surface area contributed by atoms with Crippen LogP contribution in [0.25, 0.3) is 0 Å². The smallest absolute Gasteiger partial charge is 0.338 e. The number of methoxy groups -OCH3 is 1. The zero-order chi connectivity index (χ0) is 24.4. The lowest BCUT2D eigenvalue weighted by molar-refractivity contribution is 0.0474. The van der Waals surface area contributed by atoms with Crippen molar-refractivity contribution in [3.8, 4) is 0 Å². The number of imide groups is 1. The van der Waals surface area contributed by atoms with Crippen LogP contribution in [0.1, 0.15) is 51.8 Å². The van der Waals surface area contributed by atoms with Crippen LogP contribution in [0.5, 0.6) is 0 Å². The van der Waals surface area contributed by atoms with Gasteiger partial charge in [0.2, 0.25) is 0 Å². The van der Waals surface area contributed by atoms with Crippen molar-refractivity contribution in [2.24, 2.45) is 0 Å². The summed E-state index contributed by atoms with van der Waals surface area (Å²) in [4.78, 5) is 62.9. The summed E-state index contributed by atoms with van der Waals surface area (Å²) in [6.07, 6.45) is 0. The first-order chi connectivity index (χ1) is 16.3. The molecule has 3 aromatic rings. The van der Waals surface area contributed by atoms with E-state index in [0.717, 1.165) is 4.90 Å². The zero-order valence-corrected chi connectivity index (χ0v) is 18.5. The van der Waals surface area contributed by atoms with Crippen LogP contribution >= 0.6 is 11.6 Å². The van der Waals surface area contributed by atoms with Gasteiger partial charge in [0.1, 0.15) is 0 Å². The fourth-order valence-corrected chi connectivity index (χ4v) is 3.53. The van der Waals surface area contributed by atoms with Crippen molar-refractivity contribution in [3.63, 3.8) is 0 Å². The van der Waals surface area contributed by atoms with Gasteiger partial charge in [-0.05, 0) is 66.7 Å². The van der Waals surface area contributed by atoms with E-state index in [0.29, 0.717) is 10.6 Å². The Morgan fingerprint density at radius 3 is 2.00 bits per heavy atom. The molecule has 0 saturated heterocycles. The number of hydrogen-bond donors (Lipinski definition) is 0. The van der Waals surface area contributed by atoms with Crippen molar-refractivity contribution in [2.75, 3.05) is 18.6 Å². The predicted molar refractivity (Wildman–Crippen MR) is 121 cm³/mol. The SMILES string of the molecule is COC(=O)c1ccc(N2C(=O)c3ccc(C(=O)OCC(=O)c4ccc(Cl)cc4)cc3C2=O)cc1. The number of fused-ring (bicyclic) bond motifs is 1. The number of hydrogen-bond acceptors (Lipinski definition) is 7. The summed E-state index contributed by atoms with van der Waals surface area (Å²) in [5.41, 5.74) is 1.03. The van der Waals surface area contributed by atoms with Crippen LogP contribution in [0.4, 0.5) is 5.69 Å². The number of halogens is 1. The number of Topliss-reactive ketones (excluding diaryl/α,β-unsaturated/α-hetero) is 1. The molecule has 0 spiro atoms. The van der Waals surface area contributed by atoms with Crippen molar-refractivity contribution in [3.05, 3.63) is 99.6 Å². The van der Waals surface area contributed by atoms with E-state index >= 15 is 0 Å². The van der Waals surface area contributed by atoms with Crippen LogP contribution < -0.4 is 4.90 Å². The largest absolute Gasteiger partial charge is 0.465 e. The van der Waals surface area contributed by atoms with Gasteiger partial charge in [-0.3, -0.25) is 14.4 Å². The fraction of sp³-hybridized carbons (Fsp3) is 0.0800. The average Bonchev–Trinajstić information content (AvgIpc) is 3.11. The molecule has 0 bridgehead atoms. The molecular formula is C25H16ClNO7. The minimum atomic E-state index is -0.814. The molecule has 0 atom stereocenters. The number of esters is 2. The summed E-state index contributed by atoms with van der Waals surface area (Å²) in [6.45, 7) is -0.497. The molecule has 34 heavy (non-hydrogen) atoms. The second-order valence-electron chi connectivity index (χ2n) is 7.25. The summed E-state index contributed by atoms with van der Waals surface area (Å²) in [7, 11) is 1.25. The minimum absolute atomic E-state index is 0.0201. The first-order valence-corrected chi connectivity index (χ1v) is 10.3. The van der Waals surface area contributed by atoms with Crippen molar-refractivity contribution in [2.45, 2.75) is 0 Å². The fourth-order valence-electron chi connectivity index (χ4n) is 3.40. The number of carbonyl (C=O) groups is 5. The van der Waals surface area contributed by atoms with Crippen LogP contribution in [-0.4, -0.2) is 43.3 Å².